The first-order valence-electron chi connectivity index (χ1n) is 3.66. The first-order chi connectivity index (χ1) is 5.95. The summed E-state index contributed by atoms with van der Waals surface area (Å²) in [5.74, 6) is 1.65. The summed E-state index contributed by atoms with van der Waals surface area (Å²) in [5, 5.41) is 0. The van der Waals surface area contributed by atoms with Gasteiger partial charge in [-0.2, -0.15) is 0 Å². The van der Waals surface area contributed by atoms with E-state index in [1.54, 1.807) is 18.7 Å². The van der Waals surface area contributed by atoms with Crippen LogP contribution in [0.1, 0.15) is 11.6 Å². The normalized spacial score (nSPS) is 11.0. The molecule has 0 spiro atoms. The maximum absolute atomic E-state index is 5.10. The number of hydrogen-bond acceptors (Lipinski definition) is 2. The summed E-state index contributed by atoms with van der Waals surface area (Å²) >= 11 is 0. The summed E-state index contributed by atoms with van der Waals surface area (Å²) in [5.41, 5.74) is 0. The van der Waals surface area contributed by atoms with Gasteiger partial charge in [0.1, 0.15) is 11.6 Å². The maximum atomic E-state index is 5.10. The van der Waals surface area contributed by atoms with Gasteiger partial charge in [-0.1, -0.05) is 0 Å². The Morgan fingerprint density at radius 3 is 3.08 bits per heavy atom. The third-order valence-electron chi connectivity index (χ3n) is 1.47. The van der Waals surface area contributed by atoms with Gasteiger partial charge in [0.2, 0.25) is 0 Å². The standard InChI is InChI=1S/C9H8N2O/c1-2-8(12-7-1)3-4-9-10-5-6-11-9/h1-7H,(H,10,11)/b4-3+. The third-order valence-corrected chi connectivity index (χ3v) is 1.47. The fraction of sp³-hybridized carbons (Fsp3) is 0. The van der Waals surface area contributed by atoms with Crippen LogP contribution < -0.4 is 0 Å². The molecular weight excluding hydrogens is 152 g/mol. The van der Waals surface area contributed by atoms with Crippen LogP contribution in [0.15, 0.2) is 35.2 Å². The molecule has 0 aliphatic heterocycles. The van der Waals surface area contributed by atoms with Crippen LogP contribution in [-0.4, -0.2) is 9.97 Å². The second-order valence-electron chi connectivity index (χ2n) is 2.32. The van der Waals surface area contributed by atoms with Crippen molar-refractivity contribution in [2.45, 2.75) is 0 Å². The van der Waals surface area contributed by atoms with Gasteiger partial charge in [-0.05, 0) is 24.3 Å². The van der Waals surface area contributed by atoms with E-state index < -0.39 is 0 Å². The van der Waals surface area contributed by atoms with Gasteiger partial charge in [-0.25, -0.2) is 4.98 Å². The van der Waals surface area contributed by atoms with E-state index in [1.807, 2.05) is 24.3 Å². The molecule has 0 aliphatic rings. The Morgan fingerprint density at radius 1 is 1.42 bits per heavy atom. The summed E-state index contributed by atoms with van der Waals surface area (Å²) < 4.78 is 5.10. The molecule has 0 saturated carbocycles. The lowest BCUT2D eigenvalue weighted by Gasteiger charge is -1.82. The summed E-state index contributed by atoms with van der Waals surface area (Å²) in [6.07, 6.45) is 8.85. The molecule has 2 aromatic rings. The Hall–Kier alpha value is -1.77. The molecule has 60 valence electrons. The minimum Gasteiger partial charge on any atom is -0.465 e. The van der Waals surface area contributed by atoms with Crippen LogP contribution in [0.3, 0.4) is 0 Å². The molecule has 0 fully saturated rings. The van der Waals surface area contributed by atoms with E-state index in [-0.39, 0.29) is 0 Å². The predicted octanol–water partition coefficient (Wildman–Crippen LogP) is 2.17. The largest absolute Gasteiger partial charge is 0.465 e. The highest BCUT2D eigenvalue weighted by molar-refractivity contribution is 5.63. The Labute approximate surface area is 69.8 Å². The van der Waals surface area contributed by atoms with Gasteiger partial charge in [0.05, 0.1) is 6.26 Å². The topological polar surface area (TPSA) is 41.8 Å². The molecule has 0 saturated heterocycles. The van der Waals surface area contributed by atoms with E-state index >= 15 is 0 Å². The van der Waals surface area contributed by atoms with E-state index in [2.05, 4.69) is 9.97 Å². The van der Waals surface area contributed by atoms with Crippen molar-refractivity contribution < 1.29 is 4.42 Å². The minimum absolute atomic E-state index is 0.825. The fourth-order valence-electron chi connectivity index (χ4n) is 0.916. The monoisotopic (exact) mass is 160 g/mol. The average Bonchev–Trinajstić information content (AvgIpc) is 2.74. The highest BCUT2D eigenvalue weighted by atomic mass is 16.3. The second kappa shape index (κ2) is 3.09. The van der Waals surface area contributed by atoms with Crippen molar-refractivity contribution in [1.82, 2.24) is 9.97 Å². The molecule has 0 atom stereocenters. The SMILES string of the molecule is C(=C\c1ccco1)/c1ncc[nH]1. The van der Waals surface area contributed by atoms with E-state index in [0.29, 0.717) is 0 Å². The average molecular weight is 160 g/mol. The van der Waals surface area contributed by atoms with Gasteiger partial charge in [-0.3, -0.25) is 0 Å². The van der Waals surface area contributed by atoms with Crippen molar-refractivity contribution in [3.8, 4) is 0 Å². The Morgan fingerprint density at radius 2 is 2.42 bits per heavy atom. The second-order valence-corrected chi connectivity index (χ2v) is 2.32. The fourth-order valence-corrected chi connectivity index (χ4v) is 0.916. The Bertz CT molecular complexity index is 310. The zero-order chi connectivity index (χ0) is 8.23. The summed E-state index contributed by atoms with van der Waals surface area (Å²) in [6, 6.07) is 3.74. The minimum atomic E-state index is 0.825. The van der Waals surface area contributed by atoms with Gasteiger partial charge in [0.25, 0.3) is 0 Å². The molecule has 3 nitrogen and oxygen atoms in total. The number of H-pyrrole nitrogens is 1. The molecule has 2 aromatic heterocycles. The van der Waals surface area contributed by atoms with Gasteiger partial charge < -0.3 is 9.40 Å². The molecule has 0 unspecified atom stereocenters. The predicted molar refractivity (Wildman–Crippen MR) is 46.2 cm³/mol. The van der Waals surface area contributed by atoms with Crippen LogP contribution in [-0.2, 0) is 0 Å². The lowest BCUT2D eigenvalue weighted by Crippen LogP contribution is -1.71. The van der Waals surface area contributed by atoms with Crippen LogP contribution in [0.25, 0.3) is 12.2 Å². The number of furan rings is 1. The zero-order valence-corrected chi connectivity index (χ0v) is 6.40. The molecule has 2 rings (SSSR count). The Kier molecular flexibility index (Phi) is 1.78. The van der Waals surface area contributed by atoms with E-state index in [1.165, 1.54) is 0 Å². The van der Waals surface area contributed by atoms with Crippen LogP contribution >= 0.6 is 0 Å². The molecule has 12 heavy (non-hydrogen) atoms. The smallest absolute Gasteiger partial charge is 0.130 e. The molecule has 0 bridgehead atoms. The molecular formula is C9H8N2O. The number of hydrogen-bond donors (Lipinski definition) is 1. The van der Waals surface area contributed by atoms with Crippen molar-refractivity contribution in [2.24, 2.45) is 0 Å². The summed E-state index contributed by atoms with van der Waals surface area (Å²) in [7, 11) is 0. The first-order valence-corrected chi connectivity index (χ1v) is 3.66. The Balaban J connectivity index is 2.14. The quantitative estimate of drug-likeness (QED) is 0.731. The lowest BCUT2D eigenvalue weighted by molar-refractivity contribution is 0.557. The molecule has 1 N–H and O–H groups in total. The van der Waals surface area contributed by atoms with Gasteiger partial charge in [0.15, 0.2) is 0 Å². The number of aromatic amines is 1. The molecule has 0 radical (unpaired) electrons. The number of aromatic nitrogens is 2. The van der Waals surface area contributed by atoms with E-state index in [4.69, 9.17) is 4.42 Å². The van der Waals surface area contributed by atoms with Crippen molar-refractivity contribution in [3.05, 3.63) is 42.4 Å². The lowest BCUT2D eigenvalue weighted by atomic mass is 10.4. The third kappa shape index (κ3) is 1.45. The number of rotatable bonds is 2. The van der Waals surface area contributed by atoms with Gasteiger partial charge >= 0.3 is 0 Å². The van der Waals surface area contributed by atoms with Crippen LogP contribution in [0.4, 0.5) is 0 Å². The van der Waals surface area contributed by atoms with Gasteiger partial charge in [-0.15, -0.1) is 0 Å². The van der Waals surface area contributed by atoms with E-state index in [9.17, 15) is 0 Å². The first kappa shape index (κ1) is 6.91. The van der Waals surface area contributed by atoms with Gasteiger partial charge in [0, 0.05) is 12.4 Å². The number of nitrogens with one attached hydrogen (secondary N) is 1. The van der Waals surface area contributed by atoms with Crippen molar-refractivity contribution in [1.29, 1.82) is 0 Å². The van der Waals surface area contributed by atoms with Crippen molar-refractivity contribution in [2.75, 3.05) is 0 Å². The molecule has 2 heterocycles. The number of imidazole rings is 1. The van der Waals surface area contributed by atoms with Crippen molar-refractivity contribution >= 4 is 12.2 Å². The highest BCUT2D eigenvalue weighted by Gasteiger charge is 1.88. The molecule has 0 aliphatic carbocycles. The molecule has 3 heteroatoms. The summed E-state index contributed by atoms with van der Waals surface area (Å²) in [6.45, 7) is 0. The number of nitrogens with zero attached hydrogens (tertiary/aromatic N) is 1. The van der Waals surface area contributed by atoms with Crippen molar-refractivity contribution in [3.63, 3.8) is 0 Å². The van der Waals surface area contributed by atoms with E-state index in [0.717, 1.165) is 11.6 Å². The maximum Gasteiger partial charge on any atom is 0.130 e. The van der Waals surface area contributed by atoms with Crippen LogP contribution in [0.5, 0.6) is 0 Å². The molecule has 0 aromatic carbocycles. The summed E-state index contributed by atoms with van der Waals surface area (Å²) in [4.78, 5) is 6.99. The van der Waals surface area contributed by atoms with Crippen LogP contribution in [0, 0.1) is 0 Å². The highest BCUT2D eigenvalue weighted by Crippen LogP contribution is 2.04. The molecule has 0 amide bonds. The zero-order valence-electron chi connectivity index (χ0n) is 6.40. The van der Waals surface area contributed by atoms with Crippen LogP contribution in [0.2, 0.25) is 0 Å².